The molecule has 0 saturated carbocycles. The second kappa shape index (κ2) is 6.71. The zero-order valence-electron chi connectivity index (χ0n) is 12.2. The molecule has 1 aliphatic rings. The van der Waals surface area contributed by atoms with Crippen LogP contribution in [0.2, 0.25) is 0 Å². The van der Waals surface area contributed by atoms with E-state index in [0.717, 1.165) is 5.56 Å². The van der Waals surface area contributed by atoms with E-state index in [-0.39, 0.29) is 19.3 Å². The van der Waals surface area contributed by atoms with Crippen LogP contribution < -0.4 is 19.5 Å². The zero-order valence-corrected chi connectivity index (χ0v) is 12.2. The minimum Gasteiger partial charge on any atom is -0.484 e. The molecule has 0 bridgehead atoms. The van der Waals surface area contributed by atoms with E-state index in [0.29, 0.717) is 29.4 Å². The highest BCUT2D eigenvalue weighted by molar-refractivity contribution is 5.77. The summed E-state index contributed by atoms with van der Waals surface area (Å²) in [5.41, 5.74) is 1.40. The Kier molecular flexibility index (Phi) is 4.29. The summed E-state index contributed by atoms with van der Waals surface area (Å²) in [7, 11) is 0. The van der Waals surface area contributed by atoms with Crippen molar-refractivity contribution in [2.45, 2.75) is 6.54 Å². The van der Waals surface area contributed by atoms with Crippen LogP contribution in [0, 0.1) is 11.3 Å². The Morgan fingerprint density at radius 3 is 2.96 bits per heavy atom. The number of nitrogens with one attached hydrogen (secondary N) is 1. The average molecular weight is 310 g/mol. The van der Waals surface area contributed by atoms with E-state index in [1.165, 1.54) is 0 Å². The molecule has 1 amide bonds. The van der Waals surface area contributed by atoms with Crippen LogP contribution in [0.5, 0.6) is 17.2 Å². The molecule has 6 heteroatoms. The predicted molar refractivity (Wildman–Crippen MR) is 81.1 cm³/mol. The molecule has 0 aliphatic carbocycles. The van der Waals surface area contributed by atoms with E-state index in [1.807, 2.05) is 24.3 Å². The van der Waals surface area contributed by atoms with Crippen LogP contribution in [-0.4, -0.2) is 19.3 Å². The lowest BCUT2D eigenvalue weighted by atomic mass is 10.2. The fraction of sp³-hybridized carbons (Fsp3) is 0.176. The summed E-state index contributed by atoms with van der Waals surface area (Å²) in [4.78, 5) is 11.8. The SMILES string of the molecule is N#Cc1cccc(OCC(=O)NCc2ccc3c(c2)OCO3)c1. The Morgan fingerprint density at radius 2 is 2.09 bits per heavy atom. The van der Waals surface area contributed by atoms with Gasteiger partial charge in [-0.15, -0.1) is 0 Å². The summed E-state index contributed by atoms with van der Waals surface area (Å²) < 4.78 is 15.9. The monoisotopic (exact) mass is 310 g/mol. The molecule has 1 aliphatic heterocycles. The van der Waals surface area contributed by atoms with Gasteiger partial charge in [-0.05, 0) is 35.9 Å². The number of ether oxygens (including phenoxy) is 3. The fourth-order valence-corrected chi connectivity index (χ4v) is 2.11. The zero-order chi connectivity index (χ0) is 16.1. The number of nitriles is 1. The predicted octanol–water partition coefficient (Wildman–Crippen LogP) is 1.98. The summed E-state index contributed by atoms with van der Waals surface area (Å²) in [5, 5.41) is 11.6. The number of nitrogens with zero attached hydrogens (tertiary/aromatic N) is 1. The van der Waals surface area contributed by atoms with Crippen molar-refractivity contribution in [3.05, 3.63) is 53.6 Å². The number of carbonyl (C=O) groups is 1. The third-order valence-corrected chi connectivity index (χ3v) is 3.26. The van der Waals surface area contributed by atoms with Crippen LogP contribution in [0.25, 0.3) is 0 Å². The molecule has 0 fully saturated rings. The summed E-state index contributed by atoms with van der Waals surface area (Å²) in [6, 6.07) is 14.2. The first-order valence-electron chi connectivity index (χ1n) is 7.03. The topological polar surface area (TPSA) is 80.6 Å². The van der Waals surface area contributed by atoms with Gasteiger partial charge in [0, 0.05) is 6.54 Å². The van der Waals surface area contributed by atoms with Crippen LogP contribution in [-0.2, 0) is 11.3 Å². The van der Waals surface area contributed by atoms with Gasteiger partial charge in [0.15, 0.2) is 18.1 Å². The molecule has 0 unspecified atom stereocenters. The van der Waals surface area contributed by atoms with E-state index in [1.54, 1.807) is 24.3 Å². The van der Waals surface area contributed by atoms with Crippen molar-refractivity contribution in [3.63, 3.8) is 0 Å². The smallest absolute Gasteiger partial charge is 0.258 e. The van der Waals surface area contributed by atoms with Crippen LogP contribution in [0.1, 0.15) is 11.1 Å². The van der Waals surface area contributed by atoms with Crippen molar-refractivity contribution in [2.24, 2.45) is 0 Å². The Hall–Kier alpha value is -3.20. The minimum atomic E-state index is -0.245. The number of hydrogen-bond acceptors (Lipinski definition) is 5. The van der Waals surface area contributed by atoms with Gasteiger partial charge in [-0.3, -0.25) is 4.79 Å². The Bertz CT molecular complexity index is 767. The van der Waals surface area contributed by atoms with Gasteiger partial charge in [-0.2, -0.15) is 5.26 Å². The van der Waals surface area contributed by atoms with Crippen molar-refractivity contribution < 1.29 is 19.0 Å². The molecule has 6 nitrogen and oxygen atoms in total. The normalized spacial score (nSPS) is 11.6. The van der Waals surface area contributed by atoms with E-state index in [4.69, 9.17) is 19.5 Å². The Labute approximate surface area is 133 Å². The summed E-state index contributed by atoms with van der Waals surface area (Å²) in [5.74, 6) is 1.63. The second-order valence-corrected chi connectivity index (χ2v) is 4.89. The average Bonchev–Trinajstić information content (AvgIpc) is 3.06. The van der Waals surface area contributed by atoms with E-state index in [2.05, 4.69) is 5.32 Å². The minimum absolute atomic E-state index is 0.112. The number of carbonyl (C=O) groups excluding carboxylic acids is 1. The maximum Gasteiger partial charge on any atom is 0.258 e. The van der Waals surface area contributed by atoms with Gasteiger partial charge in [-0.1, -0.05) is 12.1 Å². The highest BCUT2D eigenvalue weighted by Gasteiger charge is 2.13. The molecule has 23 heavy (non-hydrogen) atoms. The van der Waals surface area contributed by atoms with E-state index < -0.39 is 0 Å². The fourth-order valence-electron chi connectivity index (χ4n) is 2.11. The lowest BCUT2D eigenvalue weighted by molar-refractivity contribution is -0.123. The number of fused-ring (bicyclic) bond motifs is 1. The lowest BCUT2D eigenvalue weighted by Gasteiger charge is -2.08. The molecule has 0 aromatic heterocycles. The molecule has 116 valence electrons. The molecule has 1 N–H and O–H groups in total. The van der Waals surface area contributed by atoms with Crippen LogP contribution >= 0.6 is 0 Å². The third kappa shape index (κ3) is 3.71. The lowest BCUT2D eigenvalue weighted by Crippen LogP contribution is -2.28. The molecule has 0 spiro atoms. The first kappa shape index (κ1) is 14.7. The van der Waals surface area contributed by atoms with Crippen molar-refractivity contribution in [1.29, 1.82) is 5.26 Å². The number of rotatable bonds is 5. The molecule has 0 saturated heterocycles. The van der Waals surface area contributed by atoms with Crippen LogP contribution in [0.4, 0.5) is 0 Å². The van der Waals surface area contributed by atoms with Crippen LogP contribution in [0.3, 0.4) is 0 Å². The first-order chi connectivity index (χ1) is 11.2. The molecule has 2 aromatic carbocycles. The number of benzene rings is 2. The van der Waals surface area contributed by atoms with E-state index >= 15 is 0 Å². The van der Waals surface area contributed by atoms with Gasteiger partial charge in [0.05, 0.1) is 11.6 Å². The number of amides is 1. The van der Waals surface area contributed by atoms with Gasteiger partial charge in [0.2, 0.25) is 6.79 Å². The van der Waals surface area contributed by atoms with Gasteiger partial charge in [0.1, 0.15) is 5.75 Å². The summed E-state index contributed by atoms with van der Waals surface area (Å²) >= 11 is 0. The molecule has 3 rings (SSSR count). The summed E-state index contributed by atoms with van der Waals surface area (Å²) in [6.45, 7) is 0.483. The number of hydrogen-bond donors (Lipinski definition) is 1. The largest absolute Gasteiger partial charge is 0.484 e. The highest BCUT2D eigenvalue weighted by atomic mass is 16.7. The standard InChI is InChI=1S/C17H14N2O4/c18-8-12-2-1-3-14(6-12)21-10-17(20)19-9-13-4-5-15-16(7-13)23-11-22-15/h1-7H,9-11H2,(H,19,20). The van der Waals surface area contributed by atoms with Gasteiger partial charge < -0.3 is 19.5 Å². The van der Waals surface area contributed by atoms with E-state index in [9.17, 15) is 4.79 Å². The quantitative estimate of drug-likeness (QED) is 0.913. The van der Waals surface area contributed by atoms with Gasteiger partial charge in [-0.25, -0.2) is 0 Å². The molecule has 0 radical (unpaired) electrons. The van der Waals surface area contributed by atoms with Crippen molar-refractivity contribution in [1.82, 2.24) is 5.32 Å². The molecule has 1 heterocycles. The van der Waals surface area contributed by atoms with Gasteiger partial charge in [0.25, 0.3) is 5.91 Å². The van der Waals surface area contributed by atoms with Crippen molar-refractivity contribution >= 4 is 5.91 Å². The Balaban J connectivity index is 1.49. The maximum absolute atomic E-state index is 11.8. The molecule has 2 aromatic rings. The maximum atomic E-state index is 11.8. The molecule has 0 atom stereocenters. The Morgan fingerprint density at radius 1 is 1.22 bits per heavy atom. The highest BCUT2D eigenvalue weighted by Crippen LogP contribution is 2.32. The van der Waals surface area contributed by atoms with Crippen molar-refractivity contribution in [3.8, 4) is 23.3 Å². The molecular formula is C17H14N2O4. The van der Waals surface area contributed by atoms with Gasteiger partial charge >= 0.3 is 0 Å². The second-order valence-electron chi connectivity index (χ2n) is 4.89. The third-order valence-electron chi connectivity index (χ3n) is 3.26. The van der Waals surface area contributed by atoms with Crippen LogP contribution in [0.15, 0.2) is 42.5 Å². The summed E-state index contributed by atoms with van der Waals surface area (Å²) in [6.07, 6.45) is 0. The first-order valence-corrected chi connectivity index (χ1v) is 7.03. The molecular weight excluding hydrogens is 296 g/mol. The van der Waals surface area contributed by atoms with Crippen molar-refractivity contribution in [2.75, 3.05) is 13.4 Å².